The zero-order chi connectivity index (χ0) is 20.6. The third kappa shape index (κ3) is 7.21. The van der Waals surface area contributed by atoms with Gasteiger partial charge >= 0.3 is 12.1 Å². The van der Waals surface area contributed by atoms with Crippen molar-refractivity contribution in [1.29, 1.82) is 0 Å². The Bertz CT molecular complexity index is 669. The van der Waals surface area contributed by atoms with Crippen LogP contribution in [0.15, 0.2) is 43.0 Å². The Kier molecular flexibility index (Phi) is 8.15. The van der Waals surface area contributed by atoms with Crippen molar-refractivity contribution >= 4 is 17.8 Å². The van der Waals surface area contributed by atoms with E-state index in [9.17, 15) is 18.8 Å². The zero-order valence-corrected chi connectivity index (χ0v) is 16.0. The van der Waals surface area contributed by atoms with Gasteiger partial charge in [0.25, 0.3) is 0 Å². The highest BCUT2D eigenvalue weighted by Crippen LogP contribution is 2.17. The van der Waals surface area contributed by atoms with Crippen LogP contribution in [0.1, 0.15) is 26.3 Å². The first kappa shape index (κ1) is 22.3. The summed E-state index contributed by atoms with van der Waals surface area (Å²) in [5.41, 5.74) is -0.130. The summed E-state index contributed by atoms with van der Waals surface area (Å²) < 4.78 is 24.1. The number of benzene rings is 1. The normalized spacial score (nSPS) is 14.4. The fraction of sp³-hybridized carbons (Fsp3) is 0.450. The summed E-state index contributed by atoms with van der Waals surface area (Å²) >= 11 is 0. The molecular weight excluding hydrogens is 353 g/mol. The Morgan fingerprint density at radius 1 is 1.22 bits per heavy atom. The molecule has 0 heterocycles. The number of ketones is 1. The van der Waals surface area contributed by atoms with Crippen molar-refractivity contribution in [2.75, 3.05) is 7.11 Å². The zero-order valence-electron chi connectivity index (χ0n) is 16.0. The summed E-state index contributed by atoms with van der Waals surface area (Å²) in [7, 11) is 1.14. The molecule has 3 atom stereocenters. The van der Waals surface area contributed by atoms with Crippen LogP contribution in [0.25, 0.3) is 0 Å². The van der Waals surface area contributed by atoms with E-state index in [-0.39, 0.29) is 6.42 Å². The van der Waals surface area contributed by atoms with Crippen molar-refractivity contribution in [2.24, 2.45) is 5.92 Å². The summed E-state index contributed by atoms with van der Waals surface area (Å²) in [6.07, 6.45) is -1.96. The number of esters is 1. The molecule has 0 fully saturated rings. The molecule has 1 N–H and O–H groups in total. The SMILES string of the molecule is C=CC(F)[C@@H](NC(=O)OC(C)(C)C)C(=O)C(Cc1ccccc1)C(=O)OC. The van der Waals surface area contributed by atoms with E-state index in [1.807, 2.05) is 0 Å². The molecule has 1 aromatic rings. The maximum Gasteiger partial charge on any atom is 0.408 e. The molecule has 0 radical (unpaired) electrons. The number of alkyl carbamates (subject to hydrolysis) is 1. The van der Waals surface area contributed by atoms with Crippen LogP contribution >= 0.6 is 0 Å². The van der Waals surface area contributed by atoms with Gasteiger partial charge in [-0.1, -0.05) is 36.4 Å². The number of carbonyl (C=O) groups excluding carboxylic acids is 3. The van der Waals surface area contributed by atoms with E-state index < -0.39 is 41.6 Å². The topological polar surface area (TPSA) is 81.7 Å². The summed E-state index contributed by atoms with van der Waals surface area (Å²) in [4.78, 5) is 37.1. The maximum absolute atomic E-state index is 14.3. The van der Waals surface area contributed by atoms with Crippen molar-refractivity contribution in [3.8, 4) is 0 Å². The first-order valence-corrected chi connectivity index (χ1v) is 8.50. The molecule has 148 valence electrons. The van der Waals surface area contributed by atoms with Gasteiger partial charge in [0, 0.05) is 0 Å². The van der Waals surface area contributed by atoms with E-state index in [4.69, 9.17) is 9.47 Å². The highest BCUT2D eigenvalue weighted by atomic mass is 19.1. The lowest BCUT2D eigenvalue weighted by atomic mass is 9.89. The number of methoxy groups -OCH3 is 1. The second kappa shape index (κ2) is 9.85. The minimum atomic E-state index is -1.90. The van der Waals surface area contributed by atoms with Crippen molar-refractivity contribution in [3.63, 3.8) is 0 Å². The fourth-order valence-electron chi connectivity index (χ4n) is 2.39. The van der Waals surface area contributed by atoms with E-state index in [0.29, 0.717) is 5.56 Å². The van der Waals surface area contributed by atoms with Crippen LogP contribution in [0.5, 0.6) is 0 Å². The van der Waals surface area contributed by atoms with Gasteiger partial charge in [-0.25, -0.2) is 9.18 Å². The van der Waals surface area contributed by atoms with Gasteiger partial charge in [0.1, 0.15) is 23.7 Å². The van der Waals surface area contributed by atoms with E-state index in [0.717, 1.165) is 13.2 Å². The second-order valence-electron chi connectivity index (χ2n) is 6.97. The van der Waals surface area contributed by atoms with Crippen molar-refractivity contribution < 1.29 is 28.2 Å². The lowest BCUT2D eigenvalue weighted by molar-refractivity contribution is -0.150. The van der Waals surface area contributed by atoms with E-state index >= 15 is 0 Å². The molecule has 0 saturated heterocycles. The smallest absolute Gasteiger partial charge is 0.408 e. The third-order valence-corrected chi connectivity index (χ3v) is 3.63. The number of alkyl halides is 1. The molecule has 0 spiro atoms. The molecule has 0 aliphatic heterocycles. The molecule has 6 nitrogen and oxygen atoms in total. The lowest BCUT2D eigenvalue weighted by Crippen LogP contribution is -2.51. The van der Waals surface area contributed by atoms with Gasteiger partial charge in [-0.2, -0.15) is 0 Å². The van der Waals surface area contributed by atoms with Gasteiger partial charge in [-0.05, 0) is 32.8 Å². The highest BCUT2D eigenvalue weighted by molar-refractivity contribution is 6.03. The van der Waals surface area contributed by atoms with Crippen molar-refractivity contribution in [2.45, 2.75) is 45.0 Å². The van der Waals surface area contributed by atoms with Crippen LogP contribution in [-0.2, 0) is 25.5 Å². The summed E-state index contributed by atoms with van der Waals surface area (Å²) in [5.74, 6) is -2.91. The average Bonchev–Trinajstić information content (AvgIpc) is 2.61. The first-order valence-electron chi connectivity index (χ1n) is 8.50. The molecule has 2 unspecified atom stereocenters. The summed E-state index contributed by atoms with van der Waals surface area (Å²) in [6.45, 7) is 8.22. The number of amides is 1. The number of halogens is 1. The minimum absolute atomic E-state index is 0.0166. The van der Waals surface area contributed by atoms with Gasteiger partial charge < -0.3 is 14.8 Å². The van der Waals surface area contributed by atoms with Gasteiger partial charge in [-0.3, -0.25) is 9.59 Å². The number of rotatable bonds is 8. The van der Waals surface area contributed by atoms with Crippen LogP contribution < -0.4 is 5.32 Å². The minimum Gasteiger partial charge on any atom is -0.468 e. The van der Waals surface area contributed by atoms with Crippen molar-refractivity contribution in [3.05, 3.63) is 48.6 Å². The van der Waals surface area contributed by atoms with Crippen LogP contribution in [0.4, 0.5) is 9.18 Å². The first-order chi connectivity index (χ1) is 12.6. The van der Waals surface area contributed by atoms with Crippen LogP contribution in [0.2, 0.25) is 0 Å². The van der Waals surface area contributed by atoms with Gasteiger partial charge in [-0.15, -0.1) is 6.58 Å². The summed E-state index contributed by atoms with van der Waals surface area (Å²) in [6, 6.07) is 7.16. The Morgan fingerprint density at radius 3 is 2.30 bits per heavy atom. The Hall–Kier alpha value is -2.70. The second-order valence-corrected chi connectivity index (χ2v) is 6.97. The average molecular weight is 379 g/mol. The number of hydrogen-bond acceptors (Lipinski definition) is 5. The highest BCUT2D eigenvalue weighted by Gasteiger charge is 2.38. The van der Waals surface area contributed by atoms with Crippen LogP contribution in [0, 0.1) is 5.92 Å². The predicted molar refractivity (Wildman–Crippen MR) is 98.9 cm³/mol. The van der Waals surface area contributed by atoms with Crippen molar-refractivity contribution in [1.82, 2.24) is 5.32 Å². The largest absolute Gasteiger partial charge is 0.468 e. The molecule has 1 aromatic carbocycles. The number of nitrogens with one attached hydrogen (secondary N) is 1. The van der Waals surface area contributed by atoms with E-state index in [2.05, 4.69) is 11.9 Å². The molecule has 0 aliphatic rings. The molecule has 0 saturated carbocycles. The maximum atomic E-state index is 14.3. The van der Waals surface area contributed by atoms with Gasteiger partial charge in [0.05, 0.1) is 7.11 Å². The Labute approximate surface area is 158 Å². The Morgan fingerprint density at radius 2 is 1.81 bits per heavy atom. The number of Topliss-reactive ketones (excluding diaryl/α,β-unsaturated/α-hetero) is 1. The van der Waals surface area contributed by atoms with Gasteiger partial charge in [0.15, 0.2) is 5.78 Å². The molecular formula is C20H26FNO5. The van der Waals surface area contributed by atoms with Gasteiger partial charge in [0.2, 0.25) is 0 Å². The Balaban J connectivity index is 3.08. The lowest BCUT2D eigenvalue weighted by Gasteiger charge is -2.26. The molecule has 0 aliphatic carbocycles. The molecule has 1 amide bonds. The monoisotopic (exact) mass is 379 g/mol. The summed E-state index contributed by atoms with van der Waals surface area (Å²) in [5, 5.41) is 2.20. The number of hydrogen-bond donors (Lipinski definition) is 1. The standard InChI is InChI=1S/C20H26FNO5/c1-6-15(21)16(22-19(25)27-20(2,3)4)17(23)14(18(24)26-5)12-13-10-8-7-9-11-13/h6-11,14-16H,1,12H2,2-5H3,(H,22,25)/t14?,15?,16-/m1/s1. The quantitative estimate of drug-likeness (QED) is 0.427. The van der Waals surface area contributed by atoms with Crippen LogP contribution in [-0.4, -0.2) is 42.8 Å². The molecule has 27 heavy (non-hydrogen) atoms. The van der Waals surface area contributed by atoms with E-state index in [1.54, 1.807) is 51.1 Å². The molecule has 0 aromatic heterocycles. The molecule has 0 bridgehead atoms. The fourth-order valence-corrected chi connectivity index (χ4v) is 2.39. The third-order valence-electron chi connectivity index (χ3n) is 3.63. The molecule has 1 rings (SSSR count). The predicted octanol–water partition coefficient (Wildman–Crippen LogP) is 3.00. The molecule has 7 heteroatoms. The number of carbonyl (C=O) groups is 3. The van der Waals surface area contributed by atoms with Crippen LogP contribution in [0.3, 0.4) is 0 Å². The van der Waals surface area contributed by atoms with E-state index in [1.165, 1.54) is 0 Å². The number of ether oxygens (including phenoxy) is 2.